The van der Waals surface area contributed by atoms with Crippen molar-refractivity contribution in [3.63, 3.8) is 0 Å². The summed E-state index contributed by atoms with van der Waals surface area (Å²) in [7, 11) is 0. The lowest BCUT2D eigenvalue weighted by Gasteiger charge is -2.21. The average molecular weight is 498 g/mol. The van der Waals surface area contributed by atoms with Crippen molar-refractivity contribution in [1.82, 2.24) is 15.3 Å². The standard InChI is InChI=1S/C22H26ClN3O.C2HF3O2/c23-19-12-20-21(26-15-25-20)13-22(19)27-18-8-6-17(7-9-18)14-24-11-10-16-4-2-1-3-5-16;3-2(4,5)1(6)7/h6-9,12-13,15-16,24H,1-5,10-11,14H2,(H,25,26);(H,6,7). The summed E-state index contributed by atoms with van der Waals surface area (Å²) in [5.74, 6) is -0.432. The Kier molecular flexibility index (Phi) is 9.18. The van der Waals surface area contributed by atoms with Gasteiger partial charge >= 0.3 is 12.1 Å². The second-order valence-electron chi connectivity index (χ2n) is 8.22. The molecule has 10 heteroatoms. The Bertz CT molecular complexity index is 1060. The first kappa shape index (κ1) is 25.8. The van der Waals surface area contributed by atoms with Crippen molar-refractivity contribution in [2.45, 2.75) is 51.2 Å². The summed E-state index contributed by atoms with van der Waals surface area (Å²) in [6.07, 6.45) is 4.97. The second-order valence-corrected chi connectivity index (χ2v) is 8.63. The number of hydrogen-bond donors (Lipinski definition) is 3. The quantitative estimate of drug-likeness (QED) is 0.316. The van der Waals surface area contributed by atoms with E-state index in [1.165, 1.54) is 44.1 Å². The van der Waals surface area contributed by atoms with E-state index in [4.69, 9.17) is 26.2 Å². The Balaban J connectivity index is 0.000000406. The molecule has 1 heterocycles. The molecule has 0 bridgehead atoms. The lowest BCUT2D eigenvalue weighted by atomic mass is 9.87. The fraction of sp³-hybridized carbons (Fsp3) is 0.417. The molecule has 1 aromatic heterocycles. The highest BCUT2D eigenvalue weighted by atomic mass is 35.5. The molecule has 0 unspecified atom stereocenters. The van der Waals surface area contributed by atoms with Crippen LogP contribution >= 0.6 is 11.6 Å². The van der Waals surface area contributed by atoms with Crippen LogP contribution in [0.4, 0.5) is 13.2 Å². The van der Waals surface area contributed by atoms with Gasteiger partial charge in [-0.15, -0.1) is 0 Å². The molecule has 0 spiro atoms. The largest absolute Gasteiger partial charge is 0.490 e. The number of nitrogens with zero attached hydrogens (tertiary/aromatic N) is 1. The Morgan fingerprint density at radius 1 is 1.18 bits per heavy atom. The second kappa shape index (κ2) is 12.1. The molecule has 184 valence electrons. The first-order chi connectivity index (χ1) is 16.2. The van der Waals surface area contributed by atoms with Gasteiger partial charge in [0.15, 0.2) is 0 Å². The maximum atomic E-state index is 10.6. The zero-order valence-corrected chi connectivity index (χ0v) is 19.3. The van der Waals surface area contributed by atoms with Gasteiger partial charge in [0, 0.05) is 12.6 Å². The van der Waals surface area contributed by atoms with E-state index in [2.05, 4.69) is 27.4 Å². The van der Waals surface area contributed by atoms with Crippen molar-refractivity contribution in [3.05, 3.63) is 53.3 Å². The van der Waals surface area contributed by atoms with Crippen molar-refractivity contribution in [3.8, 4) is 11.5 Å². The Labute approximate surface area is 200 Å². The Morgan fingerprint density at radius 2 is 1.85 bits per heavy atom. The maximum Gasteiger partial charge on any atom is 0.490 e. The molecule has 1 aliphatic carbocycles. The average Bonchev–Trinajstić information content (AvgIpc) is 3.25. The van der Waals surface area contributed by atoms with Crippen molar-refractivity contribution in [2.75, 3.05) is 6.54 Å². The van der Waals surface area contributed by atoms with Crippen LogP contribution in [0.15, 0.2) is 42.7 Å². The number of hydrogen-bond acceptors (Lipinski definition) is 4. The van der Waals surface area contributed by atoms with Gasteiger partial charge in [-0.25, -0.2) is 9.78 Å². The number of aromatic amines is 1. The van der Waals surface area contributed by atoms with Crippen LogP contribution in [0.3, 0.4) is 0 Å². The topological polar surface area (TPSA) is 87.2 Å². The third-order valence-corrected chi connectivity index (χ3v) is 5.95. The van der Waals surface area contributed by atoms with Crippen LogP contribution in [0.25, 0.3) is 11.0 Å². The maximum absolute atomic E-state index is 10.6. The smallest absolute Gasteiger partial charge is 0.475 e. The minimum Gasteiger partial charge on any atom is -0.475 e. The van der Waals surface area contributed by atoms with Gasteiger partial charge in [0.2, 0.25) is 0 Å². The van der Waals surface area contributed by atoms with E-state index in [1.54, 1.807) is 6.33 Å². The predicted octanol–water partition coefficient (Wildman–Crippen LogP) is 6.70. The third kappa shape index (κ3) is 7.92. The summed E-state index contributed by atoms with van der Waals surface area (Å²) in [5, 5.41) is 11.3. The summed E-state index contributed by atoms with van der Waals surface area (Å²) in [6, 6.07) is 11.9. The van der Waals surface area contributed by atoms with Crippen LogP contribution < -0.4 is 10.1 Å². The van der Waals surface area contributed by atoms with Gasteiger partial charge in [-0.1, -0.05) is 55.8 Å². The third-order valence-electron chi connectivity index (χ3n) is 5.65. The summed E-state index contributed by atoms with van der Waals surface area (Å²) in [4.78, 5) is 16.2. The number of rotatable bonds is 7. The molecule has 6 nitrogen and oxygen atoms in total. The fourth-order valence-electron chi connectivity index (χ4n) is 3.83. The monoisotopic (exact) mass is 497 g/mol. The van der Waals surface area contributed by atoms with Gasteiger partial charge in [0.25, 0.3) is 0 Å². The summed E-state index contributed by atoms with van der Waals surface area (Å²) < 4.78 is 37.7. The van der Waals surface area contributed by atoms with E-state index in [0.29, 0.717) is 10.8 Å². The van der Waals surface area contributed by atoms with E-state index in [0.717, 1.165) is 35.8 Å². The van der Waals surface area contributed by atoms with Crippen LogP contribution in [-0.2, 0) is 11.3 Å². The Hall–Kier alpha value is -2.78. The molecule has 0 radical (unpaired) electrons. The van der Waals surface area contributed by atoms with E-state index >= 15 is 0 Å². The number of alkyl halides is 3. The van der Waals surface area contributed by atoms with Crippen molar-refractivity contribution in [2.24, 2.45) is 5.92 Å². The number of fused-ring (bicyclic) bond motifs is 1. The van der Waals surface area contributed by atoms with E-state index in [9.17, 15) is 13.2 Å². The molecule has 0 amide bonds. The van der Waals surface area contributed by atoms with Crippen LogP contribution in [0.2, 0.25) is 5.02 Å². The summed E-state index contributed by atoms with van der Waals surface area (Å²) in [5.41, 5.74) is 3.01. The normalized spacial score (nSPS) is 14.5. The molecular formula is C24H27ClF3N3O3. The zero-order chi connectivity index (χ0) is 24.6. The van der Waals surface area contributed by atoms with Gasteiger partial charge in [0.1, 0.15) is 11.5 Å². The number of carbonyl (C=O) groups is 1. The SMILES string of the molecule is Clc1cc2[nH]cnc2cc1Oc1ccc(CNCCC2CCCCC2)cc1.O=C(O)C(F)(F)F. The number of halogens is 4. The fourth-order valence-corrected chi connectivity index (χ4v) is 4.03. The highest BCUT2D eigenvalue weighted by Crippen LogP contribution is 2.32. The molecule has 1 fully saturated rings. The zero-order valence-electron chi connectivity index (χ0n) is 18.5. The minimum absolute atomic E-state index is 0.570. The van der Waals surface area contributed by atoms with Crippen molar-refractivity contribution < 1.29 is 27.8 Å². The van der Waals surface area contributed by atoms with E-state index < -0.39 is 12.1 Å². The number of ether oxygens (including phenoxy) is 1. The van der Waals surface area contributed by atoms with E-state index in [-0.39, 0.29) is 0 Å². The molecule has 3 N–H and O–H groups in total. The first-order valence-electron chi connectivity index (χ1n) is 11.1. The number of aromatic nitrogens is 2. The van der Waals surface area contributed by atoms with Crippen LogP contribution in [0, 0.1) is 5.92 Å². The molecule has 34 heavy (non-hydrogen) atoms. The summed E-state index contributed by atoms with van der Waals surface area (Å²) >= 11 is 6.31. The molecule has 2 aromatic carbocycles. The number of carboxylic acid groups (broad SMARTS) is 1. The first-order valence-corrected chi connectivity index (χ1v) is 11.5. The molecule has 0 saturated heterocycles. The van der Waals surface area contributed by atoms with Gasteiger partial charge < -0.3 is 20.1 Å². The number of carboxylic acids is 1. The molecular weight excluding hydrogens is 471 g/mol. The number of aliphatic carboxylic acids is 1. The lowest BCUT2D eigenvalue weighted by Crippen LogP contribution is -2.21. The highest BCUT2D eigenvalue weighted by molar-refractivity contribution is 6.32. The number of imidazole rings is 1. The molecule has 4 rings (SSSR count). The van der Waals surface area contributed by atoms with Gasteiger partial charge in [-0.2, -0.15) is 13.2 Å². The van der Waals surface area contributed by atoms with E-state index in [1.807, 2.05) is 24.3 Å². The Morgan fingerprint density at radius 3 is 2.50 bits per heavy atom. The van der Waals surface area contributed by atoms with Crippen molar-refractivity contribution in [1.29, 1.82) is 0 Å². The van der Waals surface area contributed by atoms with Crippen LogP contribution in [0.1, 0.15) is 44.1 Å². The molecule has 0 atom stereocenters. The van der Waals surface area contributed by atoms with Gasteiger partial charge in [-0.05, 0) is 42.6 Å². The summed E-state index contributed by atoms with van der Waals surface area (Å²) in [6.45, 7) is 2.00. The van der Waals surface area contributed by atoms with Gasteiger partial charge in [0.05, 0.1) is 22.4 Å². The van der Waals surface area contributed by atoms with Crippen LogP contribution in [-0.4, -0.2) is 33.8 Å². The van der Waals surface area contributed by atoms with Crippen LogP contribution in [0.5, 0.6) is 11.5 Å². The minimum atomic E-state index is -5.08. The number of benzene rings is 2. The van der Waals surface area contributed by atoms with Crippen molar-refractivity contribution >= 4 is 28.6 Å². The molecule has 3 aromatic rings. The molecule has 0 aliphatic heterocycles. The molecule has 1 aliphatic rings. The van der Waals surface area contributed by atoms with Gasteiger partial charge in [-0.3, -0.25) is 0 Å². The number of nitrogens with one attached hydrogen (secondary N) is 2. The lowest BCUT2D eigenvalue weighted by molar-refractivity contribution is -0.192. The number of H-pyrrole nitrogens is 1. The molecule has 1 saturated carbocycles. The predicted molar refractivity (Wildman–Crippen MR) is 124 cm³/mol. The highest BCUT2D eigenvalue weighted by Gasteiger charge is 2.38.